The van der Waals surface area contributed by atoms with Crippen molar-refractivity contribution in [1.82, 2.24) is 0 Å². The summed E-state index contributed by atoms with van der Waals surface area (Å²) in [4.78, 5) is 0. The van der Waals surface area contributed by atoms with Crippen LogP contribution in [0.3, 0.4) is 0 Å². The average molecular weight is 411 g/mol. The summed E-state index contributed by atoms with van der Waals surface area (Å²) < 4.78 is 12.7. The van der Waals surface area contributed by atoms with Crippen LogP contribution < -0.4 is 0 Å². The Morgan fingerprint density at radius 3 is 2.10 bits per heavy atom. The summed E-state index contributed by atoms with van der Waals surface area (Å²) in [7, 11) is -1.71. The molecule has 158 valence electrons. The molecule has 2 nitrogen and oxygen atoms in total. The normalized spacial score (nSPS) is 14.8. The lowest BCUT2D eigenvalue weighted by atomic mass is 10.00. The molecular formula is C26H38O2Si. The van der Waals surface area contributed by atoms with Crippen LogP contribution in [0, 0.1) is 5.92 Å². The third-order valence-corrected chi connectivity index (χ3v) is 10.5. The molecule has 2 aromatic rings. The first-order valence-electron chi connectivity index (χ1n) is 10.7. The van der Waals surface area contributed by atoms with Crippen LogP contribution in [-0.2, 0) is 15.8 Å². The molecule has 0 unspecified atom stereocenters. The van der Waals surface area contributed by atoms with Crippen LogP contribution in [0.5, 0.6) is 0 Å². The van der Waals surface area contributed by atoms with E-state index in [2.05, 4.69) is 101 Å². The van der Waals surface area contributed by atoms with Gasteiger partial charge in [0.1, 0.15) is 0 Å². The van der Waals surface area contributed by atoms with Crippen LogP contribution >= 0.6 is 0 Å². The Hall–Kier alpha value is -1.68. The predicted octanol–water partition coefficient (Wildman–Crippen LogP) is 7.33. The summed E-state index contributed by atoms with van der Waals surface area (Å²) in [5.74, 6) is 0.378. The van der Waals surface area contributed by atoms with Crippen molar-refractivity contribution in [3.8, 4) is 0 Å². The van der Waals surface area contributed by atoms with E-state index in [1.807, 2.05) is 12.1 Å². The lowest BCUT2D eigenvalue weighted by Crippen LogP contribution is -2.41. The van der Waals surface area contributed by atoms with Crippen LogP contribution in [0.15, 0.2) is 66.7 Å². The van der Waals surface area contributed by atoms with Crippen LogP contribution in [0.4, 0.5) is 0 Å². The molecule has 0 aliphatic carbocycles. The largest absolute Gasteiger partial charge is 0.417 e. The lowest BCUT2D eigenvalue weighted by Gasteiger charge is -2.36. The fourth-order valence-corrected chi connectivity index (χ4v) is 3.89. The molecular weight excluding hydrogens is 372 g/mol. The predicted molar refractivity (Wildman–Crippen MR) is 127 cm³/mol. The second-order valence-corrected chi connectivity index (χ2v) is 14.2. The molecule has 0 spiro atoms. The van der Waals surface area contributed by atoms with Gasteiger partial charge in [0, 0.05) is 6.61 Å². The van der Waals surface area contributed by atoms with Gasteiger partial charge < -0.3 is 9.16 Å². The van der Waals surface area contributed by atoms with Gasteiger partial charge in [-0.25, -0.2) is 0 Å². The van der Waals surface area contributed by atoms with Crippen molar-refractivity contribution in [3.63, 3.8) is 0 Å². The Bertz CT molecular complexity index is 732. The number of ether oxygens (including phenoxy) is 1. The summed E-state index contributed by atoms with van der Waals surface area (Å²) >= 11 is 0. The zero-order chi connectivity index (χ0) is 21.3. The van der Waals surface area contributed by atoms with Crippen LogP contribution in [0.2, 0.25) is 18.1 Å². The van der Waals surface area contributed by atoms with Gasteiger partial charge in [0.05, 0.1) is 12.7 Å². The Morgan fingerprint density at radius 2 is 1.52 bits per heavy atom. The van der Waals surface area contributed by atoms with E-state index in [-0.39, 0.29) is 11.1 Å². The van der Waals surface area contributed by atoms with E-state index in [4.69, 9.17) is 9.16 Å². The van der Waals surface area contributed by atoms with E-state index in [1.165, 1.54) is 11.1 Å². The second-order valence-electron chi connectivity index (χ2n) is 9.41. The van der Waals surface area contributed by atoms with Crippen molar-refractivity contribution in [1.29, 1.82) is 0 Å². The van der Waals surface area contributed by atoms with Crippen LogP contribution in [-0.4, -0.2) is 21.0 Å². The molecule has 0 saturated carbocycles. The third kappa shape index (κ3) is 7.92. The molecule has 0 aromatic heterocycles. The molecule has 0 amide bonds. The van der Waals surface area contributed by atoms with E-state index in [1.54, 1.807) is 0 Å². The number of rotatable bonds is 10. The summed E-state index contributed by atoms with van der Waals surface area (Å²) in [6.45, 7) is 15.2. The third-order valence-electron chi connectivity index (χ3n) is 5.97. The maximum absolute atomic E-state index is 6.40. The van der Waals surface area contributed by atoms with Gasteiger partial charge in [0.25, 0.3) is 0 Å². The Labute approximate surface area is 179 Å². The maximum atomic E-state index is 6.40. The highest BCUT2D eigenvalue weighted by Crippen LogP contribution is 2.36. The fraction of sp³-hybridized carbons (Fsp3) is 0.462. The molecule has 0 aliphatic heterocycles. The van der Waals surface area contributed by atoms with Gasteiger partial charge in [0.2, 0.25) is 0 Å². The quantitative estimate of drug-likeness (QED) is 0.382. The van der Waals surface area contributed by atoms with Gasteiger partial charge in [-0.2, -0.15) is 0 Å². The Balaban J connectivity index is 2.00. The average Bonchev–Trinajstić information content (AvgIpc) is 2.68. The fourth-order valence-electron chi connectivity index (χ4n) is 2.83. The Kier molecular flexibility index (Phi) is 8.88. The minimum atomic E-state index is -1.71. The molecule has 2 aromatic carbocycles. The summed E-state index contributed by atoms with van der Waals surface area (Å²) in [5, 5.41) is 0.243. The highest BCUT2D eigenvalue weighted by Gasteiger charge is 2.37. The van der Waals surface area contributed by atoms with Gasteiger partial charge >= 0.3 is 0 Å². The maximum Gasteiger partial charge on any atom is 0.191 e. The molecule has 29 heavy (non-hydrogen) atoms. The van der Waals surface area contributed by atoms with Gasteiger partial charge in [-0.3, -0.25) is 0 Å². The first kappa shape index (κ1) is 23.6. The van der Waals surface area contributed by atoms with Gasteiger partial charge in [0.15, 0.2) is 8.32 Å². The van der Waals surface area contributed by atoms with Crippen LogP contribution in [0.1, 0.15) is 45.2 Å². The van der Waals surface area contributed by atoms with Crippen molar-refractivity contribution in [2.45, 2.75) is 65.0 Å². The van der Waals surface area contributed by atoms with Crippen molar-refractivity contribution >= 4 is 14.4 Å². The molecule has 0 saturated heterocycles. The van der Waals surface area contributed by atoms with Gasteiger partial charge in [-0.05, 0) is 41.6 Å². The molecule has 3 heteroatoms. The standard InChI is InChI=1S/C26H38O2Si/c1-22(19-20-28-29(5,6)26(2,3)4)25(18-17-23-13-9-7-10-14-23)27-21-24-15-11-8-12-16-24/h7-18,22,25H,19-21H2,1-6H3/b18-17+/t22-,25+/m0/s1. The van der Waals surface area contributed by atoms with Gasteiger partial charge in [-0.15, -0.1) is 0 Å². The zero-order valence-electron chi connectivity index (χ0n) is 19.0. The topological polar surface area (TPSA) is 18.5 Å². The first-order chi connectivity index (χ1) is 13.7. The monoisotopic (exact) mass is 410 g/mol. The molecule has 0 heterocycles. The molecule has 2 rings (SSSR count). The number of benzene rings is 2. The summed E-state index contributed by atoms with van der Waals surface area (Å²) in [5.41, 5.74) is 2.40. The molecule has 0 bridgehead atoms. The van der Waals surface area contributed by atoms with Crippen molar-refractivity contribution in [2.75, 3.05) is 6.61 Å². The highest BCUT2D eigenvalue weighted by atomic mass is 28.4. The SMILES string of the molecule is C[C@@H](CCO[Si](C)(C)C(C)(C)C)[C@@H](/C=C/c1ccccc1)OCc1ccccc1. The molecule has 0 radical (unpaired) electrons. The first-order valence-corrected chi connectivity index (χ1v) is 13.6. The van der Waals surface area contributed by atoms with Crippen molar-refractivity contribution < 1.29 is 9.16 Å². The van der Waals surface area contributed by atoms with Gasteiger partial charge in [-0.1, -0.05) is 101 Å². The molecule has 0 aliphatic rings. The minimum Gasteiger partial charge on any atom is -0.417 e. The zero-order valence-corrected chi connectivity index (χ0v) is 20.0. The number of hydrogen-bond donors (Lipinski definition) is 0. The molecule has 0 fully saturated rings. The van der Waals surface area contributed by atoms with E-state index < -0.39 is 8.32 Å². The Morgan fingerprint density at radius 1 is 0.931 bits per heavy atom. The lowest BCUT2D eigenvalue weighted by molar-refractivity contribution is 0.0314. The minimum absolute atomic E-state index is 0.0541. The number of hydrogen-bond acceptors (Lipinski definition) is 2. The van der Waals surface area contributed by atoms with E-state index >= 15 is 0 Å². The van der Waals surface area contributed by atoms with E-state index in [9.17, 15) is 0 Å². The van der Waals surface area contributed by atoms with E-state index in [0.717, 1.165) is 13.0 Å². The molecule has 0 N–H and O–H groups in total. The summed E-state index contributed by atoms with van der Waals surface area (Å²) in [6.07, 6.45) is 5.42. The summed E-state index contributed by atoms with van der Waals surface area (Å²) in [6, 6.07) is 20.8. The smallest absolute Gasteiger partial charge is 0.191 e. The van der Waals surface area contributed by atoms with Crippen LogP contribution in [0.25, 0.3) is 6.08 Å². The van der Waals surface area contributed by atoms with E-state index in [0.29, 0.717) is 12.5 Å². The highest BCUT2D eigenvalue weighted by molar-refractivity contribution is 6.74. The molecule has 2 atom stereocenters. The van der Waals surface area contributed by atoms with Crippen molar-refractivity contribution in [2.24, 2.45) is 5.92 Å². The second kappa shape index (κ2) is 10.9. The van der Waals surface area contributed by atoms with Crippen molar-refractivity contribution in [3.05, 3.63) is 77.9 Å².